The number of nitrogens with zero attached hydrogens (tertiary/aromatic N) is 2. The second-order valence-corrected chi connectivity index (χ2v) is 11.9. The number of ether oxygens (including phenoxy) is 1. The summed E-state index contributed by atoms with van der Waals surface area (Å²) >= 11 is 0. The van der Waals surface area contributed by atoms with Crippen LogP contribution in [0.3, 0.4) is 0 Å². The van der Waals surface area contributed by atoms with Gasteiger partial charge in [0.1, 0.15) is 0 Å². The summed E-state index contributed by atoms with van der Waals surface area (Å²) in [5, 5.41) is 0. The Kier molecular flexibility index (Phi) is 6.42. The largest absolute Gasteiger partial charge is 0.381 e. The number of hydrogen-bond acceptors (Lipinski definition) is 4. The van der Waals surface area contributed by atoms with Gasteiger partial charge in [-0.2, -0.15) is 0 Å². The number of aryl methyl sites for hydroxylation is 2. The number of rotatable bonds is 6. The maximum absolute atomic E-state index is 14.1. The Morgan fingerprint density at radius 3 is 2.44 bits per heavy atom. The van der Waals surface area contributed by atoms with Gasteiger partial charge in [0, 0.05) is 31.5 Å². The van der Waals surface area contributed by atoms with Gasteiger partial charge in [-0.3, -0.25) is 9.10 Å². The number of fused-ring (bicyclic) bond motifs is 1. The first kappa shape index (κ1) is 23.4. The normalized spacial score (nSPS) is 19.6. The summed E-state index contributed by atoms with van der Waals surface area (Å²) in [6.07, 6.45) is 6.00. The van der Waals surface area contributed by atoms with E-state index < -0.39 is 10.0 Å². The number of sulfonamides is 1. The third-order valence-corrected chi connectivity index (χ3v) is 9.43. The van der Waals surface area contributed by atoms with Crippen molar-refractivity contribution in [3.8, 4) is 0 Å². The molecule has 2 aromatic carbocycles. The smallest absolute Gasteiger partial charge is 0.264 e. The first-order valence-electron chi connectivity index (χ1n) is 12.5. The van der Waals surface area contributed by atoms with Gasteiger partial charge in [-0.25, -0.2) is 8.42 Å². The SMILES string of the molecule is Cc1ccc(N(C2CCCC2)S(=O)(=O)c2ccc3c(c2)CC(=O)N3CC2CCOCC2)c(C)c1. The molecule has 6 nitrogen and oxygen atoms in total. The van der Waals surface area contributed by atoms with Gasteiger partial charge in [0.05, 0.1) is 17.0 Å². The standard InChI is InChI=1S/C27H34N2O4S/c1-19-7-9-25(20(2)15-19)29(23-5-3-4-6-23)34(31,32)24-8-10-26-22(16-24)17-27(30)28(26)18-21-11-13-33-14-12-21/h7-10,15-16,21,23H,3-6,11-14,17-18H2,1-2H3. The molecule has 1 aliphatic carbocycles. The predicted octanol–water partition coefficient (Wildman–Crippen LogP) is 4.76. The van der Waals surface area contributed by atoms with Crippen LogP contribution in [0.15, 0.2) is 41.3 Å². The van der Waals surface area contributed by atoms with Crippen molar-refractivity contribution in [3.63, 3.8) is 0 Å². The molecule has 1 saturated carbocycles. The van der Waals surface area contributed by atoms with Gasteiger partial charge in [-0.15, -0.1) is 0 Å². The van der Waals surface area contributed by atoms with Crippen LogP contribution in [-0.4, -0.2) is 40.1 Å². The van der Waals surface area contributed by atoms with E-state index in [0.29, 0.717) is 12.5 Å². The molecule has 0 spiro atoms. The minimum absolute atomic E-state index is 0.0358. The number of benzene rings is 2. The van der Waals surface area contributed by atoms with Crippen molar-refractivity contribution in [2.24, 2.45) is 5.92 Å². The average Bonchev–Trinajstić information content (AvgIpc) is 3.44. The molecule has 2 heterocycles. The van der Waals surface area contributed by atoms with Gasteiger partial charge in [0.25, 0.3) is 10.0 Å². The van der Waals surface area contributed by atoms with E-state index in [1.807, 2.05) is 43.0 Å². The molecule has 0 atom stereocenters. The third-order valence-electron chi connectivity index (χ3n) is 7.57. The monoisotopic (exact) mass is 482 g/mol. The van der Waals surface area contributed by atoms with Crippen molar-refractivity contribution in [1.29, 1.82) is 0 Å². The molecule has 5 rings (SSSR count). The van der Waals surface area contributed by atoms with E-state index in [1.165, 1.54) is 0 Å². The quantitative estimate of drug-likeness (QED) is 0.596. The van der Waals surface area contributed by atoms with E-state index in [2.05, 4.69) is 0 Å². The van der Waals surface area contributed by atoms with Crippen molar-refractivity contribution in [3.05, 3.63) is 53.1 Å². The van der Waals surface area contributed by atoms with Crippen molar-refractivity contribution in [2.75, 3.05) is 29.0 Å². The third kappa shape index (κ3) is 4.36. The number of amides is 1. The van der Waals surface area contributed by atoms with Crippen LogP contribution in [0.25, 0.3) is 0 Å². The Bertz CT molecular complexity index is 1180. The predicted molar refractivity (Wildman–Crippen MR) is 134 cm³/mol. The molecule has 182 valence electrons. The number of anilines is 2. The van der Waals surface area contributed by atoms with Crippen LogP contribution in [0.5, 0.6) is 0 Å². The number of carbonyl (C=O) groups is 1. The molecule has 7 heteroatoms. The van der Waals surface area contributed by atoms with E-state index in [-0.39, 0.29) is 23.3 Å². The molecule has 0 unspecified atom stereocenters. The molecule has 1 saturated heterocycles. The van der Waals surface area contributed by atoms with E-state index in [1.54, 1.807) is 16.4 Å². The minimum Gasteiger partial charge on any atom is -0.381 e. The van der Waals surface area contributed by atoms with Gasteiger partial charge in [-0.1, -0.05) is 30.5 Å². The molecule has 0 N–H and O–H groups in total. The van der Waals surface area contributed by atoms with Crippen molar-refractivity contribution < 1.29 is 17.9 Å². The summed E-state index contributed by atoms with van der Waals surface area (Å²) in [7, 11) is -3.77. The Labute approximate surface area is 203 Å². The van der Waals surface area contributed by atoms with E-state index in [0.717, 1.165) is 79.8 Å². The Hall–Kier alpha value is -2.38. The lowest BCUT2D eigenvalue weighted by atomic mass is 10.00. The highest BCUT2D eigenvalue weighted by atomic mass is 32.2. The fourth-order valence-electron chi connectivity index (χ4n) is 5.73. The second kappa shape index (κ2) is 9.34. The fraction of sp³-hybridized carbons (Fsp3) is 0.519. The van der Waals surface area contributed by atoms with E-state index >= 15 is 0 Å². The summed E-state index contributed by atoms with van der Waals surface area (Å²) in [5.41, 5.74) is 4.51. The zero-order chi connectivity index (χ0) is 23.9. The van der Waals surface area contributed by atoms with E-state index in [9.17, 15) is 13.2 Å². The minimum atomic E-state index is -3.77. The van der Waals surface area contributed by atoms with Crippen LogP contribution in [0.4, 0.5) is 11.4 Å². The Balaban J connectivity index is 1.48. The van der Waals surface area contributed by atoms with Crippen molar-refractivity contribution >= 4 is 27.3 Å². The maximum atomic E-state index is 14.1. The summed E-state index contributed by atoms with van der Waals surface area (Å²) in [5.74, 6) is 0.479. The molecule has 2 fully saturated rings. The highest BCUT2D eigenvalue weighted by Crippen LogP contribution is 2.38. The molecule has 2 aromatic rings. The van der Waals surface area contributed by atoms with Crippen LogP contribution >= 0.6 is 0 Å². The summed E-state index contributed by atoms with van der Waals surface area (Å²) in [4.78, 5) is 15.0. The molecule has 0 aromatic heterocycles. The topological polar surface area (TPSA) is 66.9 Å². The zero-order valence-electron chi connectivity index (χ0n) is 20.1. The molecule has 0 radical (unpaired) electrons. The Morgan fingerprint density at radius 1 is 1.00 bits per heavy atom. The molecule has 3 aliphatic rings. The fourth-order valence-corrected chi connectivity index (χ4v) is 7.56. The van der Waals surface area contributed by atoms with Crippen molar-refractivity contribution in [1.82, 2.24) is 0 Å². The zero-order valence-corrected chi connectivity index (χ0v) is 20.9. The molecular formula is C27H34N2O4S. The molecule has 34 heavy (non-hydrogen) atoms. The van der Waals surface area contributed by atoms with Crippen LogP contribution in [0, 0.1) is 19.8 Å². The van der Waals surface area contributed by atoms with Gasteiger partial charge in [0.15, 0.2) is 0 Å². The summed E-state index contributed by atoms with van der Waals surface area (Å²) < 4.78 is 35.2. The lowest BCUT2D eigenvalue weighted by Crippen LogP contribution is -2.39. The van der Waals surface area contributed by atoms with Crippen LogP contribution in [-0.2, 0) is 26.0 Å². The number of hydrogen-bond donors (Lipinski definition) is 0. The van der Waals surface area contributed by atoms with Crippen molar-refractivity contribution in [2.45, 2.75) is 69.7 Å². The molecule has 2 aliphatic heterocycles. The first-order valence-corrected chi connectivity index (χ1v) is 13.9. The van der Waals surface area contributed by atoms with Gasteiger partial charge in [-0.05, 0) is 80.8 Å². The van der Waals surface area contributed by atoms with Gasteiger partial charge < -0.3 is 9.64 Å². The Morgan fingerprint density at radius 2 is 1.74 bits per heavy atom. The van der Waals surface area contributed by atoms with Crippen LogP contribution in [0.2, 0.25) is 0 Å². The molecule has 0 bridgehead atoms. The summed E-state index contributed by atoms with van der Waals surface area (Å²) in [6, 6.07) is 11.2. The lowest BCUT2D eigenvalue weighted by Gasteiger charge is -2.32. The maximum Gasteiger partial charge on any atom is 0.264 e. The summed E-state index contributed by atoms with van der Waals surface area (Å²) in [6.45, 7) is 6.17. The lowest BCUT2D eigenvalue weighted by molar-refractivity contribution is -0.117. The van der Waals surface area contributed by atoms with Gasteiger partial charge >= 0.3 is 0 Å². The molecular weight excluding hydrogens is 448 g/mol. The van der Waals surface area contributed by atoms with E-state index in [4.69, 9.17) is 4.74 Å². The number of carbonyl (C=O) groups excluding carboxylic acids is 1. The van der Waals surface area contributed by atoms with Crippen LogP contribution < -0.4 is 9.21 Å². The average molecular weight is 483 g/mol. The second-order valence-electron chi connectivity index (χ2n) is 10.1. The van der Waals surface area contributed by atoms with Crippen LogP contribution in [0.1, 0.15) is 55.2 Å². The van der Waals surface area contributed by atoms with Gasteiger partial charge in [0.2, 0.25) is 5.91 Å². The highest BCUT2D eigenvalue weighted by molar-refractivity contribution is 7.92. The highest BCUT2D eigenvalue weighted by Gasteiger charge is 2.36. The first-order chi connectivity index (χ1) is 16.3. The molecule has 1 amide bonds.